The first-order valence-electron chi connectivity index (χ1n) is 9.88. The standard InChI is InChI=1S/C20H39N3/c1-3-4-5-6-7-8-9-10-11-12-13-14-15-16-20-22-17-18-23(20)19(2)21/h15-20,22H,3-14,21H2,1-2H3/b16-15+. The lowest BCUT2D eigenvalue weighted by molar-refractivity contribution is 0.259. The first-order chi connectivity index (χ1) is 11.3. The predicted octanol–water partition coefficient (Wildman–Crippen LogP) is 5.25. The summed E-state index contributed by atoms with van der Waals surface area (Å²) in [6.45, 7) is 4.30. The number of hydrogen-bond donors (Lipinski definition) is 2. The highest BCUT2D eigenvalue weighted by Crippen LogP contribution is 2.13. The molecule has 1 aliphatic heterocycles. The molecule has 3 nitrogen and oxygen atoms in total. The number of rotatable bonds is 14. The van der Waals surface area contributed by atoms with Crippen molar-refractivity contribution < 1.29 is 0 Å². The van der Waals surface area contributed by atoms with Crippen molar-refractivity contribution in [3.05, 3.63) is 24.6 Å². The molecule has 2 atom stereocenters. The van der Waals surface area contributed by atoms with E-state index >= 15 is 0 Å². The summed E-state index contributed by atoms with van der Waals surface area (Å²) in [4.78, 5) is 2.14. The van der Waals surface area contributed by atoms with Gasteiger partial charge in [-0.1, -0.05) is 77.2 Å². The minimum Gasteiger partial charge on any atom is -0.367 e. The van der Waals surface area contributed by atoms with Crippen LogP contribution in [0.15, 0.2) is 24.6 Å². The summed E-state index contributed by atoms with van der Waals surface area (Å²) in [6.07, 6.45) is 25.5. The van der Waals surface area contributed by atoms with Gasteiger partial charge in [-0.2, -0.15) is 0 Å². The SMILES string of the molecule is CCCCCCCCCCCCC/C=C/C1NC=CN1C(C)N. The van der Waals surface area contributed by atoms with Crippen molar-refractivity contribution in [1.82, 2.24) is 10.2 Å². The van der Waals surface area contributed by atoms with Crippen LogP contribution >= 0.6 is 0 Å². The van der Waals surface area contributed by atoms with Crippen LogP contribution in [0.5, 0.6) is 0 Å². The van der Waals surface area contributed by atoms with E-state index in [1.807, 2.05) is 19.3 Å². The van der Waals surface area contributed by atoms with Gasteiger partial charge < -0.3 is 16.0 Å². The second-order valence-corrected chi connectivity index (χ2v) is 6.87. The van der Waals surface area contributed by atoms with Gasteiger partial charge in [0.25, 0.3) is 0 Å². The van der Waals surface area contributed by atoms with Crippen LogP contribution in [-0.4, -0.2) is 17.2 Å². The zero-order chi connectivity index (χ0) is 16.8. The zero-order valence-electron chi connectivity index (χ0n) is 15.5. The molecule has 0 spiro atoms. The molecule has 0 aromatic heterocycles. The van der Waals surface area contributed by atoms with Crippen molar-refractivity contribution in [2.24, 2.45) is 5.73 Å². The Balaban J connectivity index is 1.87. The van der Waals surface area contributed by atoms with Gasteiger partial charge in [-0.25, -0.2) is 0 Å². The van der Waals surface area contributed by atoms with Crippen LogP contribution < -0.4 is 11.1 Å². The number of allylic oxidation sites excluding steroid dienone is 1. The Kier molecular flexibility index (Phi) is 11.8. The summed E-state index contributed by atoms with van der Waals surface area (Å²) < 4.78 is 0. The molecule has 0 aromatic carbocycles. The Hall–Kier alpha value is -0.960. The Morgan fingerprint density at radius 1 is 1.00 bits per heavy atom. The van der Waals surface area contributed by atoms with E-state index in [2.05, 4.69) is 29.3 Å². The number of unbranched alkanes of at least 4 members (excludes halogenated alkanes) is 11. The molecule has 2 unspecified atom stereocenters. The summed E-state index contributed by atoms with van der Waals surface area (Å²) in [5.74, 6) is 0. The molecule has 0 aliphatic carbocycles. The van der Waals surface area contributed by atoms with Gasteiger partial charge in [-0.05, 0) is 25.8 Å². The molecule has 1 aliphatic rings. The molecule has 0 radical (unpaired) electrons. The van der Waals surface area contributed by atoms with Crippen molar-refractivity contribution in [1.29, 1.82) is 0 Å². The monoisotopic (exact) mass is 321 g/mol. The van der Waals surface area contributed by atoms with E-state index in [1.165, 1.54) is 77.0 Å². The van der Waals surface area contributed by atoms with E-state index in [-0.39, 0.29) is 12.3 Å². The average Bonchev–Trinajstić information content (AvgIpc) is 3.00. The maximum atomic E-state index is 5.93. The molecule has 0 saturated carbocycles. The Labute approximate surface area is 144 Å². The van der Waals surface area contributed by atoms with Crippen LogP contribution in [0.25, 0.3) is 0 Å². The second-order valence-electron chi connectivity index (χ2n) is 6.87. The van der Waals surface area contributed by atoms with Crippen molar-refractivity contribution in [2.45, 2.75) is 103 Å². The van der Waals surface area contributed by atoms with Crippen molar-refractivity contribution >= 4 is 0 Å². The third-order valence-corrected chi connectivity index (χ3v) is 4.60. The van der Waals surface area contributed by atoms with Crippen LogP contribution in [-0.2, 0) is 0 Å². The maximum absolute atomic E-state index is 5.93. The van der Waals surface area contributed by atoms with E-state index in [1.54, 1.807) is 0 Å². The Morgan fingerprint density at radius 2 is 1.57 bits per heavy atom. The summed E-state index contributed by atoms with van der Waals surface area (Å²) in [7, 11) is 0. The van der Waals surface area contributed by atoms with Gasteiger partial charge in [0.1, 0.15) is 6.17 Å². The number of hydrogen-bond acceptors (Lipinski definition) is 3. The molecule has 134 valence electrons. The van der Waals surface area contributed by atoms with Gasteiger partial charge in [-0.3, -0.25) is 0 Å². The lowest BCUT2D eigenvalue weighted by Gasteiger charge is -2.26. The molecule has 0 aromatic rings. The number of nitrogens with two attached hydrogens (primary N) is 1. The molecule has 3 N–H and O–H groups in total. The number of nitrogens with one attached hydrogen (secondary N) is 1. The quantitative estimate of drug-likeness (QED) is 0.339. The molecular weight excluding hydrogens is 282 g/mol. The average molecular weight is 322 g/mol. The van der Waals surface area contributed by atoms with E-state index in [9.17, 15) is 0 Å². The fourth-order valence-corrected chi connectivity index (χ4v) is 3.10. The highest BCUT2D eigenvalue weighted by molar-refractivity contribution is 5.05. The van der Waals surface area contributed by atoms with Crippen molar-refractivity contribution in [2.75, 3.05) is 0 Å². The van der Waals surface area contributed by atoms with E-state index in [4.69, 9.17) is 5.73 Å². The first kappa shape index (κ1) is 20.1. The highest BCUT2D eigenvalue weighted by atomic mass is 15.3. The normalized spacial score (nSPS) is 18.7. The molecule has 1 heterocycles. The van der Waals surface area contributed by atoms with Crippen LogP contribution in [0.2, 0.25) is 0 Å². The molecule has 1 rings (SSSR count). The van der Waals surface area contributed by atoms with Crippen LogP contribution in [0, 0.1) is 0 Å². The molecule has 23 heavy (non-hydrogen) atoms. The van der Waals surface area contributed by atoms with E-state index < -0.39 is 0 Å². The molecule has 0 amide bonds. The fourth-order valence-electron chi connectivity index (χ4n) is 3.10. The second kappa shape index (κ2) is 13.5. The van der Waals surface area contributed by atoms with Gasteiger partial charge in [0.15, 0.2) is 0 Å². The summed E-state index contributed by atoms with van der Waals surface area (Å²) in [5, 5.41) is 3.31. The minimum atomic E-state index is 0.0536. The summed E-state index contributed by atoms with van der Waals surface area (Å²) >= 11 is 0. The first-order valence-corrected chi connectivity index (χ1v) is 9.88. The van der Waals surface area contributed by atoms with Gasteiger partial charge >= 0.3 is 0 Å². The smallest absolute Gasteiger partial charge is 0.119 e. The number of nitrogens with zero attached hydrogens (tertiary/aromatic N) is 1. The van der Waals surface area contributed by atoms with Crippen LogP contribution in [0.3, 0.4) is 0 Å². The summed E-state index contributed by atoms with van der Waals surface area (Å²) in [6, 6.07) is 0. The van der Waals surface area contributed by atoms with E-state index in [0.717, 1.165) is 0 Å². The molecule has 0 fully saturated rings. The molecule has 0 bridgehead atoms. The molecule has 0 saturated heterocycles. The van der Waals surface area contributed by atoms with Crippen molar-refractivity contribution in [3.8, 4) is 0 Å². The predicted molar refractivity (Wildman–Crippen MR) is 102 cm³/mol. The zero-order valence-corrected chi connectivity index (χ0v) is 15.5. The van der Waals surface area contributed by atoms with Gasteiger partial charge in [-0.15, -0.1) is 0 Å². The molecular formula is C20H39N3. The van der Waals surface area contributed by atoms with Gasteiger partial charge in [0.05, 0.1) is 6.17 Å². The third-order valence-electron chi connectivity index (χ3n) is 4.60. The Morgan fingerprint density at radius 3 is 2.13 bits per heavy atom. The highest BCUT2D eigenvalue weighted by Gasteiger charge is 2.17. The Bertz CT molecular complexity index is 323. The topological polar surface area (TPSA) is 41.3 Å². The lowest BCUT2D eigenvalue weighted by atomic mass is 10.1. The molecule has 3 heteroatoms. The lowest BCUT2D eigenvalue weighted by Crippen LogP contribution is -2.43. The van der Waals surface area contributed by atoms with E-state index in [0.29, 0.717) is 0 Å². The van der Waals surface area contributed by atoms with Crippen LogP contribution in [0.4, 0.5) is 0 Å². The summed E-state index contributed by atoms with van der Waals surface area (Å²) in [5.41, 5.74) is 5.93. The van der Waals surface area contributed by atoms with Gasteiger partial charge in [0, 0.05) is 12.4 Å². The van der Waals surface area contributed by atoms with Crippen molar-refractivity contribution in [3.63, 3.8) is 0 Å². The largest absolute Gasteiger partial charge is 0.367 e. The maximum Gasteiger partial charge on any atom is 0.119 e. The minimum absolute atomic E-state index is 0.0536. The fraction of sp³-hybridized carbons (Fsp3) is 0.800. The van der Waals surface area contributed by atoms with Gasteiger partial charge in [0.2, 0.25) is 0 Å². The van der Waals surface area contributed by atoms with Crippen LogP contribution in [0.1, 0.15) is 90.9 Å². The third kappa shape index (κ3) is 9.70.